The molecule has 2 rings (SSSR count). The number of rotatable bonds is 5. The standard InChI is InChI=1S/C12H15NO3S3/c1-8-3-11(18-9(8)2)5-13-19(15,16)12-4-10(6-14)7-17-12/h3-4,7,13-14H,5-6H2,1-2H3. The summed E-state index contributed by atoms with van der Waals surface area (Å²) in [7, 11) is -3.49. The van der Waals surface area contributed by atoms with Crippen LogP contribution >= 0.6 is 22.7 Å². The molecule has 0 amide bonds. The summed E-state index contributed by atoms with van der Waals surface area (Å²) in [5.74, 6) is 0. The van der Waals surface area contributed by atoms with E-state index in [4.69, 9.17) is 5.11 Å². The van der Waals surface area contributed by atoms with Crippen LogP contribution < -0.4 is 4.72 Å². The van der Waals surface area contributed by atoms with E-state index in [0.717, 1.165) is 16.2 Å². The van der Waals surface area contributed by atoms with Crippen molar-refractivity contribution in [3.05, 3.63) is 38.4 Å². The van der Waals surface area contributed by atoms with Crippen LogP contribution in [0.4, 0.5) is 0 Å². The second-order valence-corrected chi connectivity index (χ2v) is 8.45. The Balaban J connectivity index is 2.09. The van der Waals surface area contributed by atoms with Crippen LogP contribution in [-0.4, -0.2) is 13.5 Å². The van der Waals surface area contributed by atoms with Gasteiger partial charge in [-0.2, -0.15) is 0 Å². The van der Waals surface area contributed by atoms with E-state index in [-0.39, 0.29) is 10.8 Å². The molecule has 0 aromatic carbocycles. The van der Waals surface area contributed by atoms with E-state index >= 15 is 0 Å². The fourth-order valence-electron chi connectivity index (χ4n) is 1.55. The van der Waals surface area contributed by atoms with Crippen LogP contribution in [0.2, 0.25) is 0 Å². The van der Waals surface area contributed by atoms with Gasteiger partial charge in [0.05, 0.1) is 6.61 Å². The van der Waals surface area contributed by atoms with Gasteiger partial charge in [0, 0.05) is 16.3 Å². The molecule has 0 unspecified atom stereocenters. The average molecular weight is 317 g/mol. The molecular weight excluding hydrogens is 302 g/mol. The first-order chi connectivity index (χ1) is 8.92. The molecule has 0 atom stereocenters. The number of thiophene rings is 2. The van der Waals surface area contributed by atoms with E-state index < -0.39 is 10.0 Å². The van der Waals surface area contributed by atoms with Crippen molar-refractivity contribution in [2.75, 3.05) is 0 Å². The molecule has 4 nitrogen and oxygen atoms in total. The summed E-state index contributed by atoms with van der Waals surface area (Å²) in [6.07, 6.45) is 0. The molecule has 0 aliphatic rings. The normalized spacial score (nSPS) is 11.9. The van der Waals surface area contributed by atoms with Crippen LogP contribution in [0.25, 0.3) is 0 Å². The Morgan fingerprint density at radius 3 is 2.58 bits per heavy atom. The van der Waals surface area contributed by atoms with Crippen molar-refractivity contribution in [3.63, 3.8) is 0 Å². The Labute approximate surface area is 120 Å². The Morgan fingerprint density at radius 2 is 2.05 bits per heavy atom. The van der Waals surface area contributed by atoms with Crippen LogP contribution in [0.3, 0.4) is 0 Å². The Bertz CT molecular complexity index is 651. The van der Waals surface area contributed by atoms with Gasteiger partial charge in [-0.25, -0.2) is 13.1 Å². The second-order valence-electron chi connectivity index (χ2n) is 4.21. The van der Waals surface area contributed by atoms with Gasteiger partial charge in [-0.3, -0.25) is 0 Å². The largest absolute Gasteiger partial charge is 0.392 e. The zero-order valence-corrected chi connectivity index (χ0v) is 13.1. The van der Waals surface area contributed by atoms with Gasteiger partial charge in [0.15, 0.2) is 0 Å². The maximum Gasteiger partial charge on any atom is 0.250 e. The van der Waals surface area contributed by atoms with Gasteiger partial charge in [-0.1, -0.05) is 0 Å². The molecule has 0 aliphatic heterocycles. The molecule has 19 heavy (non-hydrogen) atoms. The minimum absolute atomic E-state index is 0.144. The van der Waals surface area contributed by atoms with Crippen molar-refractivity contribution in [3.8, 4) is 0 Å². The number of hydrogen-bond donors (Lipinski definition) is 2. The van der Waals surface area contributed by atoms with E-state index in [0.29, 0.717) is 12.1 Å². The molecule has 2 heterocycles. The third-order valence-electron chi connectivity index (χ3n) is 2.73. The van der Waals surface area contributed by atoms with Crippen LogP contribution in [0.15, 0.2) is 21.7 Å². The predicted octanol–water partition coefficient (Wildman–Crippen LogP) is 2.40. The van der Waals surface area contributed by atoms with Crippen LogP contribution in [0.1, 0.15) is 20.9 Å². The maximum absolute atomic E-state index is 12.0. The molecule has 0 saturated carbocycles. The number of aliphatic hydroxyl groups excluding tert-OH is 1. The molecule has 104 valence electrons. The summed E-state index contributed by atoms with van der Waals surface area (Å²) >= 11 is 2.71. The maximum atomic E-state index is 12.0. The van der Waals surface area contributed by atoms with Crippen molar-refractivity contribution in [2.24, 2.45) is 0 Å². The lowest BCUT2D eigenvalue weighted by Crippen LogP contribution is -2.21. The molecule has 0 fully saturated rings. The number of sulfonamides is 1. The van der Waals surface area contributed by atoms with Crippen LogP contribution in [0, 0.1) is 13.8 Å². The van der Waals surface area contributed by atoms with E-state index in [1.54, 1.807) is 16.7 Å². The van der Waals surface area contributed by atoms with Gasteiger partial charge >= 0.3 is 0 Å². The monoisotopic (exact) mass is 317 g/mol. The lowest BCUT2D eigenvalue weighted by molar-refractivity contribution is 0.282. The highest BCUT2D eigenvalue weighted by atomic mass is 32.2. The molecular formula is C12H15NO3S3. The summed E-state index contributed by atoms with van der Waals surface area (Å²) in [5.41, 5.74) is 1.80. The Hall–Kier alpha value is -0.730. The molecule has 0 bridgehead atoms. The topological polar surface area (TPSA) is 66.4 Å². The first-order valence-corrected chi connectivity index (χ1v) is 8.84. The van der Waals surface area contributed by atoms with Gasteiger partial charge in [-0.05, 0) is 42.5 Å². The molecule has 7 heteroatoms. The van der Waals surface area contributed by atoms with Crippen LogP contribution in [0.5, 0.6) is 0 Å². The summed E-state index contributed by atoms with van der Waals surface area (Å²) in [6.45, 7) is 4.19. The van der Waals surface area contributed by atoms with Crippen LogP contribution in [-0.2, 0) is 23.2 Å². The highest BCUT2D eigenvalue weighted by Gasteiger charge is 2.16. The fourth-order valence-corrected chi connectivity index (χ4v) is 4.89. The summed E-state index contributed by atoms with van der Waals surface area (Å²) in [5, 5.41) is 10.6. The van der Waals surface area contributed by atoms with Crippen molar-refractivity contribution in [2.45, 2.75) is 31.2 Å². The Kier molecular flexibility index (Phi) is 4.42. The Morgan fingerprint density at radius 1 is 1.32 bits per heavy atom. The van der Waals surface area contributed by atoms with E-state index in [9.17, 15) is 8.42 Å². The molecule has 2 aromatic heterocycles. The van der Waals surface area contributed by atoms with Gasteiger partial charge in [-0.15, -0.1) is 22.7 Å². The average Bonchev–Trinajstić information content (AvgIpc) is 2.95. The van der Waals surface area contributed by atoms with Crippen molar-refractivity contribution in [1.29, 1.82) is 0 Å². The number of aliphatic hydroxyl groups is 1. The van der Waals surface area contributed by atoms with Gasteiger partial charge in [0.25, 0.3) is 0 Å². The lowest BCUT2D eigenvalue weighted by Gasteiger charge is -2.02. The first-order valence-electron chi connectivity index (χ1n) is 5.66. The molecule has 0 aliphatic carbocycles. The summed E-state index contributed by atoms with van der Waals surface area (Å²) in [4.78, 5) is 2.20. The number of nitrogens with one attached hydrogen (secondary N) is 1. The van der Waals surface area contributed by atoms with Gasteiger partial charge in [0.1, 0.15) is 4.21 Å². The van der Waals surface area contributed by atoms with Gasteiger partial charge < -0.3 is 5.11 Å². The number of hydrogen-bond acceptors (Lipinski definition) is 5. The SMILES string of the molecule is Cc1cc(CNS(=O)(=O)c2cc(CO)cs2)sc1C. The smallest absolute Gasteiger partial charge is 0.250 e. The fraction of sp³-hybridized carbons (Fsp3) is 0.333. The molecule has 2 aromatic rings. The zero-order valence-electron chi connectivity index (χ0n) is 10.6. The van der Waals surface area contributed by atoms with E-state index in [2.05, 4.69) is 4.72 Å². The minimum atomic E-state index is -3.49. The third kappa shape index (κ3) is 3.43. The van der Waals surface area contributed by atoms with E-state index in [1.165, 1.54) is 16.5 Å². The van der Waals surface area contributed by atoms with Crippen molar-refractivity contribution >= 4 is 32.7 Å². The molecule has 0 saturated heterocycles. The predicted molar refractivity (Wildman–Crippen MR) is 78.1 cm³/mol. The lowest BCUT2D eigenvalue weighted by atomic mass is 10.3. The highest BCUT2D eigenvalue weighted by Crippen LogP contribution is 2.23. The molecule has 0 radical (unpaired) electrons. The number of aryl methyl sites for hydroxylation is 2. The summed E-state index contributed by atoms with van der Waals surface area (Å²) in [6, 6.07) is 3.49. The summed E-state index contributed by atoms with van der Waals surface area (Å²) < 4.78 is 26.9. The molecule has 0 spiro atoms. The minimum Gasteiger partial charge on any atom is -0.392 e. The quantitative estimate of drug-likeness (QED) is 0.890. The second kappa shape index (κ2) is 5.72. The van der Waals surface area contributed by atoms with Crippen molar-refractivity contribution in [1.82, 2.24) is 4.72 Å². The first kappa shape index (κ1) is 14.7. The third-order valence-corrected chi connectivity index (χ3v) is 6.77. The van der Waals surface area contributed by atoms with E-state index in [1.807, 2.05) is 19.9 Å². The zero-order chi connectivity index (χ0) is 14.0. The van der Waals surface area contributed by atoms with Crippen molar-refractivity contribution < 1.29 is 13.5 Å². The highest BCUT2D eigenvalue weighted by molar-refractivity contribution is 7.91. The van der Waals surface area contributed by atoms with Gasteiger partial charge in [0.2, 0.25) is 10.0 Å². The molecule has 2 N–H and O–H groups in total.